The summed E-state index contributed by atoms with van der Waals surface area (Å²) in [5.41, 5.74) is 11.7. The molecular formula is C35H46N4O8S2. The van der Waals surface area contributed by atoms with E-state index in [2.05, 4.69) is 32.2 Å². The second-order valence-corrected chi connectivity index (χ2v) is 17.9. The highest BCUT2D eigenvalue weighted by molar-refractivity contribution is 7.91. The zero-order valence-electron chi connectivity index (χ0n) is 27.8. The SMILES string of the molecule is O=C(Nc1c2c(cc3c1CCC3)CCC2)NS(=O)(=O)C1CCOC1.O=C(Nc1c2c(cc3c1CCC3)CCC2)NS(=O)(=O)C1CCOCC1. The second kappa shape index (κ2) is 14.2. The zero-order chi connectivity index (χ0) is 34.2. The molecule has 266 valence electrons. The first-order chi connectivity index (χ1) is 23.6. The third-order valence-electron chi connectivity index (χ3n) is 10.8. The number of fused-ring (bicyclic) bond motifs is 4. The molecule has 1 atom stereocenters. The molecule has 2 aromatic carbocycles. The van der Waals surface area contributed by atoms with Crippen LogP contribution >= 0.6 is 0 Å². The molecule has 2 aliphatic heterocycles. The highest BCUT2D eigenvalue weighted by Gasteiger charge is 2.33. The van der Waals surface area contributed by atoms with E-state index in [0.29, 0.717) is 39.1 Å². The summed E-state index contributed by atoms with van der Waals surface area (Å²) in [5.74, 6) is 0. The highest BCUT2D eigenvalue weighted by atomic mass is 32.2. The summed E-state index contributed by atoms with van der Waals surface area (Å²) in [6.07, 6.45) is 13.6. The van der Waals surface area contributed by atoms with Crippen LogP contribution in [0.5, 0.6) is 0 Å². The number of rotatable bonds is 6. The Hall–Kier alpha value is -3.20. The number of anilines is 2. The quantitative estimate of drug-likeness (QED) is 0.345. The van der Waals surface area contributed by atoms with E-state index in [1.807, 2.05) is 0 Å². The molecule has 0 aromatic heterocycles. The Morgan fingerprint density at radius 3 is 1.29 bits per heavy atom. The van der Waals surface area contributed by atoms with Crippen molar-refractivity contribution < 1.29 is 35.9 Å². The molecule has 2 aromatic rings. The molecule has 0 spiro atoms. The Kier molecular flexibility index (Phi) is 9.93. The maximum atomic E-state index is 12.4. The van der Waals surface area contributed by atoms with Crippen LogP contribution in [0.1, 0.15) is 89.5 Å². The lowest BCUT2D eigenvalue weighted by Crippen LogP contribution is -2.43. The number of carbonyl (C=O) groups excluding carboxylic acids is 2. The van der Waals surface area contributed by atoms with Crippen molar-refractivity contribution in [1.82, 2.24) is 9.44 Å². The molecule has 2 fully saturated rings. The Labute approximate surface area is 288 Å². The number of carbonyl (C=O) groups is 2. The van der Waals surface area contributed by atoms with Gasteiger partial charge in [-0.2, -0.15) is 0 Å². The molecule has 2 heterocycles. The fourth-order valence-corrected chi connectivity index (χ4v) is 10.8. The summed E-state index contributed by atoms with van der Waals surface area (Å²) < 4.78 is 64.1. The Balaban J connectivity index is 0.000000154. The van der Waals surface area contributed by atoms with Crippen molar-refractivity contribution in [3.63, 3.8) is 0 Å². The van der Waals surface area contributed by atoms with E-state index in [9.17, 15) is 26.4 Å². The molecule has 0 saturated carbocycles. The summed E-state index contributed by atoms with van der Waals surface area (Å²) >= 11 is 0. The first kappa shape index (κ1) is 34.3. The van der Waals surface area contributed by atoms with Gasteiger partial charge in [0.2, 0.25) is 20.0 Å². The van der Waals surface area contributed by atoms with Crippen LogP contribution in [0.3, 0.4) is 0 Å². The smallest absolute Gasteiger partial charge is 0.332 e. The zero-order valence-corrected chi connectivity index (χ0v) is 29.5. The van der Waals surface area contributed by atoms with E-state index >= 15 is 0 Å². The average molecular weight is 715 g/mol. The number of sulfonamides is 2. The van der Waals surface area contributed by atoms with Crippen LogP contribution in [-0.2, 0) is 80.9 Å². The Morgan fingerprint density at radius 1 is 0.531 bits per heavy atom. The second-order valence-electron chi connectivity index (χ2n) is 14.0. The summed E-state index contributed by atoms with van der Waals surface area (Å²) in [7, 11) is -7.37. The summed E-state index contributed by atoms with van der Waals surface area (Å²) in [4.78, 5) is 24.8. The van der Waals surface area contributed by atoms with Crippen LogP contribution in [0.2, 0.25) is 0 Å². The van der Waals surface area contributed by atoms with Gasteiger partial charge in [-0.25, -0.2) is 35.9 Å². The van der Waals surface area contributed by atoms with Crippen LogP contribution in [-0.4, -0.2) is 65.8 Å². The van der Waals surface area contributed by atoms with E-state index in [0.717, 1.165) is 88.4 Å². The first-order valence-corrected chi connectivity index (χ1v) is 20.8. The Morgan fingerprint density at radius 2 is 0.898 bits per heavy atom. The predicted octanol–water partition coefficient (Wildman–Crippen LogP) is 4.20. The van der Waals surface area contributed by atoms with E-state index in [-0.39, 0.29) is 6.61 Å². The van der Waals surface area contributed by atoms with Gasteiger partial charge in [-0.1, -0.05) is 12.1 Å². The number of aryl methyl sites for hydroxylation is 4. The van der Waals surface area contributed by atoms with E-state index in [1.54, 1.807) is 0 Å². The highest BCUT2D eigenvalue weighted by Crippen LogP contribution is 2.40. The number of benzene rings is 2. The number of ether oxygens (including phenoxy) is 2. The molecule has 4 N–H and O–H groups in total. The van der Waals surface area contributed by atoms with E-state index in [4.69, 9.17) is 9.47 Å². The van der Waals surface area contributed by atoms with E-state index in [1.165, 1.54) is 44.5 Å². The number of amides is 4. The van der Waals surface area contributed by atoms with Gasteiger partial charge in [0.05, 0.1) is 11.9 Å². The molecule has 8 rings (SSSR count). The average Bonchev–Trinajstić information content (AvgIpc) is 3.91. The van der Waals surface area contributed by atoms with Gasteiger partial charge in [0.1, 0.15) is 5.25 Å². The summed E-state index contributed by atoms with van der Waals surface area (Å²) in [6.45, 7) is 1.42. The topological polar surface area (TPSA) is 169 Å². The number of urea groups is 2. The molecule has 0 radical (unpaired) electrons. The van der Waals surface area contributed by atoms with Gasteiger partial charge in [0.25, 0.3) is 0 Å². The standard InChI is InChI=1S/C18H24N2O4S.C17H22N2O4S/c21-18(20-25(22,23)14-7-9-24-10-8-14)19-17-15-5-1-3-12(15)11-13-4-2-6-16(13)17;20-17(19-24(21,22)13-7-8-23-10-13)18-16-14-5-1-3-11(14)9-12-4-2-6-15(12)16/h11,14H,1-10H2,(H2,19,20,21);9,13H,1-8,10H2,(H2,18,19,20). The van der Waals surface area contributed by atoms with Crippen molar-refractivity contribution in [2.45, 2.75) is 107 Å². The molecule has 2 saturated heterocycles. The minimum atomic E-state index is -3.69. The van der Waals surface area contributed by atoms with Crippen LogP contribution in [0.4, 0.5) is 21.0 Å². The molecular weight excluding hydrogens is 669 g/mol. The fourth-order valence-electron chi connectivity index (χ4n) is 8.38. The van der Waals surface area contributed by atoms with Crippen molar-refractivity contribution in [3.05, 3.63) is 56.6 Å². The first-order valence-electron chi connectivity index (χ1n) is 17.7. The fraction of sp³-hybridized carbons (Fsp3) is 0.600. The van der Waals surface area contributed by atoms with Crippen molar-refractivity contribution in [1.29, 1.82) is 0 Å². The predicted molar refractivity (Wildman–Crippen MR) is 186 cm³/mol. The maximum Gasteiger partial charge on any atom is 0.332 e. The van der Waals surface area contributed by atoms with Gasteiger partial charge in [-0.15, -0.1) is 0 Å². The monoisotopic (exact) mass is 714 g/mol. The lowest BCUT2D eigenvalue weighted by Gasteiger charge is -2.23. The third-order valence-corrected chi connectivity index (χ3v) is 14.4. The number of hydrogen-bond donors (Lipinski definition) is 4. The van der Waals surface area contributed by atoms with Crippen molar-refractivity contribution in [2.24, 2.45) is 0 Å². The summed E-state index contributed by atoms with van der Waals surface area (Å²) in [6, 6.07) is 3.27. The van der Waals surface area contributed by atoms with Gasteiger partial charge in [0, 0.05) is 31.2 Å². The van der Waals surface area contributed by atoms with E-state index < -0.39 is 42.6 Å². The van der Waals surface area contributed by atoms with Gasteiger partial charge >= 0.3 is 12.1 Å². The van der Waals surface area contributed by atoms with Gasteiger partial charge in [-0.05, 0) is 141 Å². The molecule has 0 bridgehead atoms. The molecule has 6 aliphatic rings. The molecule has 12 nitrogen and oxygen atoms in total. The van der Waals surface area contributed by atoms with Gasteiger partial charge in [-0.3, -0.25) is 0 Å². The Bertz CT molecular complexity index is 1780. The van der Waals surface area contributed by atoms with Crippen LogP contribution in [0, 0.1) is 0 Å². The maximum absolute atomic E-state index is 12.4. The minimum absolute atomic E-state index is 0.152. The van der Waals surface area contributed by atoms with Crippen LogP contribution in [0.25, 0.3) is 0 Å². The summed E-state index contributed by atoms with van der Waals surface area (Å²) in [5, 5.41) is 4.53. The molecule has 14 heteroatoms. The minimum Gasteiger partial charge on any atom is -0.381 e. The third kappa shape index (κ3) is 7.33. The largest absolute Gasteiger partial charge is 0.381 e. The number of hydrogen-bond acceptors (Lipinski definition) is 8. The van der Waals surface area contributed by atoms with Crippen molar-refractivity contribution in [2.75, 3.05) is 37.1 Å². The van der Waals surface area contributed by atoms with Crippen LogP contribution < -0.4 is 20.1 Å². The van der Waals surface area contributed by atoms with Gasteiger partial charge < -0.3 is 20.1 Å². The van der Waals surface area contributed by atoms with Gasteiger partial charge in [0.15, 0.2) is 0 Å². The molecule has 4 aliphatic carbocycles. The number of nitrogens with one attached hydrogen (secondary N) is 4. The van der Waals surface area contributed by atoms with Crippen molar-refractivity contribution >= 4 is 43.5 Å². The normalized spacial score (nSPS) is 21.2. The molecule has 49 heavy (non-hydrogen) atoms. The lowest BCUT2D eigenvalue weighted by molar-refractivity contribution is 0.0982. The molecule has 4 amide bonds. The van der Waals surface area contributed by atoms with Crippen LogP contribution in [0.15, 0.2) is 12.1 Å². The molecule has 1 unspecified atom stereocenters. The van der Waals surface area contributed by atoms with Crippen molar-refractivity contribution in [3.8, 4) is 0 Å². The lowest BCUT2D eigenvalue weighted by atomic mass is 9.99.